The quantitative estimate of drug-likeness (QED) is 0.723. The van der Waals surface area contributed by atoms with Gasteiger partial charge < -0.3 is 4.74 Å². The van der Waals surface area contributed by atoms with Gasteiger partial charge in [0.25, 0.3) is 0 Å². The van der Waals surface area contributed by atoms with Gasteiger partial charge in [-0.3, -0.25) is 0 Å². The molecule has 1 aromatic carbocycles. The van der Waals surface area contributed by atoms with E-state index in [-0.39, 0.29) is 0 Å². The largest absolute Gasteiger partial charge is 0.479 e. The van der Waals surface area contributed by atoms with Crippen LogP contribution >= 0.6 is 11.3 Å². The molecule has 0 saturated carbocycles. The van der Waals surface area contributed by atoms with Crippen molar-refractivity contribution < 1.29 is 4.74 Å². The number of fused-ring (bicyclic) bond motifs is 1. The van der Waals surface area contributed by atoms with Crippen LogP contribution in [0, 0.1) is 6.92 Å². The monoisotopic (exact) mass is 282 g/mol. The summed E-state index contributed by atoms with van der Waals surface area (Å²) >= 11 is 1.71. The fourth-order valence-corrected chi connectivity index (χ4v) is 2.79. The summed E-state index contributed by atoms with van der Waals surface area (Å²) in [5, 5.41) is 2.08. The molecule has 0 fully saturated rings. The van der Waals surface area contributed by atoms with Crippen molar-refractivity contribution in [1.29, 1.82) is 0 Å². The predicted octanol–water partition coefficient (Wildman–Crippen LogP) is 4.18. The lowest BCUT2D eigenvalue weighted by molar-refractivity contribution is 0.396. The van der Waals surface area contributed by atoms with Crippen molar-refractivity contribution in [3.63, 3.8) is 0 Å². The standard InChI is InChI=1S/C16H14N2OS/c1-11-9-10-20-15(11)8-7-14-16(19-2)18-13-6-4-3-5-12(13)17-14/h3-10H,1-2H3/b8-7+. The summed E-state index contributed by atoms with van der Waals surface area (Å²) in [4.78, 5) is 10.3. The lowest BCUT2D eigenvalue weighted by atomic mass is 10.2. The minimum absolute atomic E-state index is 0.550. The van der Waals surface area contributed by atoms with Crippen LogP contribution in [0.5, 0.6) is 5.88 Å². The van der Waals surface area contributed by atoms with E-state index in [9.17, 15) is 0 Å². The highest BCUT2D eigenvalue weighted by molar-refractivity contribution is 7.11. The first-order valence-electron chi connectivity index (χ1n) is 6.31. The summed E-state index contributed by atoms with van der Waals surface area (Å²) < 4.78 is 5.33. The third-order valence-corrected chi connectivity index (χ3v) is 4.04. The topological polar surface area (TPSA) is 35.0 Å². The Bertz CT molecular complexity index is 777. The molecule has 0 aliphatic carbocycles. The van der Waals surface area contributed by atoms with Crippen molar-refractivity contribution in [2.75, 3.05) is 7.11 Å². The fraction of sp³-hybridized carbons (Fsp3) is 0.125. The maximum Gasteiger partial charge on any atom is 0.240 e. The summed E-state index contributed by atoms with van der Waals surface area (Å²) in [5.41, 5.74) is 3.72. The number of rotatable bonds is 3. The molecule has 0 radical (unpaired) electrons. The Morgan fingerprint density at radius 2 is 1.80 bits per heavy atom. The average Bonchev–Trinajstić information content (AvgIpc) is 2.89. The Hall–Kier alpha value is -2.20. The first kappa shape index (κ1) is 12.8. The molecule has 4 heteroatoms. The molecule has 100 valence electrons. The van der Waals surface area contributed by atoms with Gasteiger partial charge in [0.1, 0.15) is 5.69 Å². The van der Waals surface area contributed by atoms with Crippen LogP contribution in [0.1, 0.15) is 16.1 Å². The van der Waals surface area contributed by atoms with Crippen LogP contribution in [0.25, 0.3) is 23.2 Å². The summed E-state index contributed by atoms with van der Waals surface area (Å²) in [6.45, 7) is 2.10. The zero-order valence-electron chi connectivity index (χ0n) is 11.3. The van der Waals surface area contributed by atoms with Crippen LogP contribution in [0.4, 0.5) is 0 Å². The smallest absolute Gasteiger partial charge is 0.240 e. The van der Waals surface area contributed by atoms with Gasteiger partial charge in [-0.2, -0.15) is 0 Å². The highest BCUT2D eigenvalue weighted by atomic mass is 32.1. The van der Waals surface area contributed by atoms with Gasteiger partial charge in [0.2, 0.25) is 5.88 Å². The number of para-hydroxylation sites is 2. The number of methoxy groups -OCH3 is 1. The molecular formula is C16H14N2OS. The molecule has 0 amide bonds. The van der Waals surface area contributed by atoms with Gasteiger partial charge in [-0.05, 0) is 48.2 Å². The lowest BCUT2D eigenvalue weighted by Gasteiger charge is -2.05. The Morgan fingerprint density at radius 3 is 2.45 bits per heavy atom. The van der Waals surface area contributed by atoms with Crippen molar-refractivity contribution in [3.8, 4) is 5.88 Å². The first-order valence-corrected chi connectivity index (χ1v) is 7.19. The highest BCUT2D eigenvalue weighted by Crippen LogP contribution is 2.23. The molecule has 3 rings (SSSR count). The molecule has 0 saturated heterocycles. The summed E-state index contributed by atoms with van der Waals surface area (Å²) in [6.07, 6.45) is 4.01. The van der Waals surface area contributed by atoms with Crippen LogP contribution in [-0.4, -0.2) is 17.1 Å². The molecule has 0 aliphatic heterocycles. The summed E-state index contributed by atoms with van der Waals surface area (Å²) in [5.74, 6) is 0.550. The van der Waals surface area contributed by atoms with E-state index < -0.39 is 0 Å². The molecular weight excluding hydrogens is 268 g/mol. The Morgan fingerprint density at radius 1 is 1.05 bits per heavy atom. The van der Waals surface area contributed by atoms with E-state index in [1.54, 1.807) is 18.4 Å². The number of thiophene rings is 1. The van der Waals surface area contributed by atoms with Crippen molar-refractivity contribution >= 4 is 34.5 Å². The maximum atomic E-state index is 5.33. The van der Waals surface area contributed by atoms with Gasteiger partial charge in [-0.25, -0.2) is 9.97 Å². The van der Waals surface area contributed by atoms with Gasteiger partial charge in [0.05, 0.1) is 18.1 Å². The van der Waals surface area contributed by atoms with Crippen LogP contribution in [0.15, 0.2) is 35.7 Å². The van der Waals surface area contributed by atoms with Gasteiger partial charge in [0.15, 0.2) is 0 Å². The molecule has 2 heterocycles. The molecule has 3 aromatic rings. The number of hydrogen-bond donors (Lipinski definition) is 0. The Kier molecular flexibility index (Phi) is 3.48. The van der Waals surface area contributed by atoms with E-state index in [4.69, 9.17) is 4.74 Å². The van der Waals surface area contributed by atoms with Crippen LogP contribution in [0.2, 0.25) is 0 Å². The highest BCUT2D eigenvalue weighted by Gasteiger charge is 2.06. The van der Waals surface area contributed by atoms with E-state index in [1.165, 1.54) is 10.4 Å². The summed E-state index contributed by atoms with van der Waals surface area (Å²) in [6, 6.07) is 9.90. The number of benzene rings is 1. The van der Waals surface area contributed by atoms with E-state index in [0.29, 0.717) is 5.88 Å². The van der Waals surface area contributed by atoms with Crippen LogP contribution in [0.3, 0.4) is 0 Å². The lowest BCUT2D eigenvalue weighted by Crippen LogP contribution is -1.95. The second kappa shape index (κ2) is 5.43. The number of hydrogen-bond acceptors (Lipinski definition) is 4. The minimum atomic E-state index is 0.550. The van der Waals surface area contributed by atoms with E-state index >= 15 is 0 Å². The minimum Gasteiger partial charge on any atom is -0.479 e. The predicted molar refractivity (Wildman–Crippen MR) is 84.1 cm³/mol. The average molecular weight is 282 g/mol. The SMILES string of the molecule is COc1nc2ccccc2nc1/C=C/c1sccc1C. The third-order valence-electron chi connectivity index (χ3n) is 3.05. The maximum absolute atomic E-state index is 5.33. The molecule has 0 spiro atoms. The molecule has 20 heavy (non-hydrogen) atoms. The van der Waals surface area contributed by atoms with Crippen molar-refractivity contribution in [2.24, 2.45) is 0 Å². The van der Waals surface area contributed by atoms with Gasteiger partial charge >= 0.3 is 0 Å². The third kappa shape index (κ3) is 2.42. The second-order valence-corrected chi connectivity index (χ2v) is 5.36. The normalized spacial score (nSPS) is 11.3. The number of ether oxygens (including phenoxy) is 1. The van der Waals surface area contributed by atoms with Crippen molar-refractivity contribution in [3.05, 3.63) is 51.8 Å². The number of aryl methyl sites for hydroxylation is 1. The molecule has 0 aliphatic rings. The van der Waals surface area contributed by atoms with E-state index in [1.807, 2.05) is 30.3 Å². The number of nitrogens with zero attached hydrogens (tertiary/aromatic N) is 2. The zero-order valence-corrected chi connectivity index (χ0v) is 12.1. The Labute approximate surface area is 121 Å². The van der Waals surface area contributed by atoms with Crippen molar-refractivity contribution in [2.45, 2.75) is 6.92 Å². The van der Waals surface area contributed by atoms with Crippen molar-refractivity contribution in [1.82, 2.24) is 9.97 Å². The van der Waals surface area contributed by atoms with Gasteiger partial charge in [-0.1, -0.05) is 12.1 Å². The zero-order chi connectivity index (χ0) is 13.9. The fourth-order valence-electron chi connectivity index (χ4n) is 1.97. The molecule has 3 nitrogen and oxygen atoms in total. The van der Waals surface area contributed by atoms with E-state index in [2.05, 4.69) is 34.4 Å². The molecule has 0 bridgehead atoms. The molecule has 0 N–H and O–H groups in total. The molecule has 2 aromatic heterocycles. The number of aromatic nitrogens is 2. The van der Waals surface area contributed by atoms with E-state index in [0.717, 1.165) is 16.7 Å². The van der Waals surface area contributed by atoms with Crippen LogP contribution in [-0.2, 0) is 0 Å². The van der Waals surface area contributed by atoms with Gasteiger partial charge in [0, 0.05) is 4.88 Å². The van der Waals surface area contributed by atoms with Gasteiger partial charge in [-0.15, -0.1) is 11.3 Å². The Balaban J connectivity index is 2.06. The summed E-state index contributed by atoms with van der Waals surface area (Å²) in [7, 11) is 1.62. The molecule has 0 atom stereocenters. The molecule has 0 unspecified atom stereocenters. The van der Waals surface area contributed by atoms with Crippen LogP contribution < -0.4 is 4.74 Å². The first-order chi connectivity index (χ1) is 9.78. The second-order valence-electron chi connectivity index (χ2n) is 4.41.